The first-order chi connectivity index (χ1) is 12.0. The maximum atomic E-state index is 12.4. The Kier molecular flexibility index (Phi) is 4.75. The van der Waals surface area contributed by atoms with E-state index >= 15 is 0 Å². The van der Waals surface area contributed by atoms with Crippen molar-refractivity contribution in [2.75, 3.05) is 10.6 Å². The molecule has 1 heterocycles. The Bertz CT molecular complexity index is 887. The van der Waals surface area contributed by atoms with Crippen LogP contribution in [0.1, 0.15) is 27.0 Å². The minimum Gasteiger partial charge on any atom is -0.324 e. The summed E-state index contributed by atoms with van der Waals surface area (Å²) in [6.45, 7) is 6.03. The van der Waals surface area contributed by atoms with E-state index in [1.165, 1.54) is 18.0 Å². The molecule has 0 aliphatic rings. The van der Waals surface area contributed by atoms with Gasteiger partial charge in [0, 0.05) is 23.8 Å². The Morgan fingerprint density at radius 2 is 1.60 bits per heavy atom. The molecule has 0 aliphatic carbocycles. The molecule has 2 aromatic carbocycles. The number of rotatable bonds is 4. The molecule has 1 aromatic heterocycles. The van der Waals surface area contributed by atoms with Gasteiger partial charge in [-0.05, 0) is 50.1 Å². The number of carbonyl (C=O) groups is 1. The molecule has 1 amide bonds. The zero-order valence-electron chi connectivity index (χ0n) is 14.5. The molecular weight excluding hydrogens is 312 g/mol. The fourth-order valence-corrected chi connectivity index (χ4v) is 2.36. The zero-order valence-corrected chi connectivity index (χ0v) is 14.5. The SMILES string of the molecule is Cc1ccc(Nc2ncc(C(=O)Nc3cccc(C)c3C)cn2)cc1. The van der Waals surface area contributed by atoms with E-state index in [9.17, 15) is 4.79 Å². The van der Waals surface area contributed by atoms with Gasteiger partial charge in [-0.15, -0.1) is 0 Å². The van der Waals surface area contributed by atoms with Gasteiger partial charge in [-0.25, -0.2) is 9.97 Å². The van der Waals surface area contributed by atoms with Crippen LogP contribution < -0.4 is 10.6 Å². The van der Waals surface area contributed by atoms with Crippen LogP contribution in [0, 0.1) is 20.8 Å². The van der Waals surface area contributed by atoms with Crippen LogP contribution in [0.2, 0.25) is 0 Å². The van der Waals surface area contributed by atoms with Gasteiger partial charge < -0.3 is 10.6 Å². The lowest BCUT2D eigenvalue weighted by molar-refractivity contribution is 0.102. The first kappa shape index (κ1) is 16.6. The van der Waals surface area contributed by atoms with E-state index in [0.29, 0.717) is 11.5 Å². The van der Waals surface area contributed by atoms with E-state index in [4.69, 9.17) is 0 Å². The third kappa shape index (κ3) is 4.01. The lowest BCUT2D eigenvalue weighted by atomic mass is 10.1. The molecule has 3 rings (SSSR count). The Balaban J connectivity index is 1.70. The van der Waals surface area contributed by atoms with Crippen molar-refractivity contribution in [3.05, 3.63) is 77.1 Å². The summed E-state index contributed by atoms with van der Waals surface area (Å²) in [6, 6.07) is 13.7. The summed E-state index contributed by atoms with van der Waals surface area (Å²) in [7, 11) is 0. The molecule has 0 unspecified atom stereocenters. The molecule has 2 N–H and O–H groups in total. The summed E-state index contributed by atoms with van der Waals surface area (Å²) in [6.07, 6.45) is 3.04. The monoisotopic (exact) mass is 332 g/mol. The van der Waals surface area contributed by atoms with Crippen molar-refractivity contribution < 1.29 is 4.79 Å². The van der Waals surface area contributed by atoms with Crippen LogP contribution in [0.15, 0.2) is 54.9 Å². The van der Waals surface area contributed by atoms with E-state index in [1.807, 2.05) is 63.2 Å². The second-order valence-corrected chi connectivity index (χ2v) is 5.99. The first-order valence-corrected chi connectivity index (χ1v) is 8.06. The predicted molar refractivity (Wildman–Crippen MR) is 100 cm³/mol. The van der Waals surface area contributed by atoms with Crippen LogP contribution in [0.3, 0.4) is 0 Å². The van der Waals surface area contributed by atoms with Crippen LogP contribution in [-0.4, -0.2) is 15.9 Å². The van der Waals surface area contributed by atoms with E-state index < -0.39 is 0 Å². The van der Waals surface area contributed by atoms with E-state index in [0.717, 1.165) is 22.5 Å². The maximum Gasteiger partial charge on any atom is 0.258 e. The molecule has 3 aromatic rings. The van der Waals surface area contributed by atoms with Gasteiger partial charge in [-0.3, -0.25) is 4.79 Å². The fourth-order valence-electron chi connectivity index (χ4n) is 2.36. The zero-order chi connectivity index (χ0) is 17.8. The molecule has 5 nitrogen and oxygen atoms in total. The Hall–Kier alpha value is -3.21. The van der Waals surface area contributed by atoms with Crippen molar-refractivity contribution in [3.63, 3.8) is 0 Å². The summed E-state index contributed by atoms with van der Waals surface area (Å²) in [5.41, 5.74) is 5.48. The number of hydrogen-bond acceptors (Lipinski definition) is 4. The number of hydrogen-bond donors (Lipinski definition) is 2. The lowest BCUT2D eigenvalue weighted by Gasteiger charge is -2.10. The van der Waals surface area contributed by atoms with E-state index in [2.05, 4.69) is 20.6 Å². The van der Waals surface area contributed by atoms with Crippen molar-refractivity contribution in [1.29, 1.82) is 0 Å². The predicted octanol–water partition coefficient (Wildman–Crippen LogP) is 4.40. The lowest BCUT2D eigenvalue weighted by Crippen LogP contribution is -2.14. The summed E-state index contributed by atoms with van der Waals surface area (Å²) < 4.78 is 0. The number of carbonyl (C=O) groups excluding carboxylic acids is 1. The molecular formula is C20H20N4O. The average Bonchev–Trinajstić information content (AvgIpc) is 2.61. The molecule has 0 bridgehead atoms. The minimum atomic E-state index is -0.226. The van der Waals surface area contributed by atoms with Crippen molar-refractivity contribution in [1.82, 2.24) is 9.97 Å². The number of aryl methyl sites for hydroxylation is 2. The Labute approximate surface area is 147 Å². The van der Waals surface area contributed by atoms with Crippen molar-refractivity contribution in [2.24, 2.45) is 0 Å². The third-order valence-corrected chi connectivity index (χ3v) is 4.07. The molecule has 0 fully saturated rings. The molecule has 0 atom stereocenters. The number of amides is 1. The smallest absolute Gasteiger partial charge is 0.258 e. The van der Waals surface area contributed by atoms with Crippen LogP contribution in [0.4, 0.5) is 17.3 Å². The molecule has 0 spiro atoms. The van der Waals surface area contributed by atoms with Gasteiger partial charge in [0.1, 0.15) is 0 Å². The largest absolute Gasteiger partial charge is 0.324 e. The molecule has 5 heteroatoms. The van der Waals surface area contributed by atoms with Crippen molar-refractivity contribution >= 4 is 23.2 Å². The first-order valence-electron chi connectivity index (χ1n) is 8.06. The molecule has 0 saturated heterocycles. The highest BCUT2D eigenvalue weighted by molar-refractivity contribution is 6.04. The second kappa shape index (κ2) is 7.13. The number of benzene rings is 2. The third-order valence-electron chi connectivity index (χ3n) is 4.07. The average molecular weight is 332 g/mol. The van der Waals surface area contributed by atoms with Crippen molar-refractivity contribution in [2.45, 2.75) is 20.8 Å². The van der Waals surface area contributed by atoms with E-state index in [1.54, 1.807) is 0 Å². The van der Waals surface area contributed by atoms with E-state index in [-0.39, 0.29) is 5.91 Å². The maximum absolute atomic E-state index is 12.4. The summed E-state index contributed by atoms with van der Waals surface area (Å²) in [4.78, 5) is 20.8. The normalized spacial score (nSPS) is 10.4. The van der Waals surface area contributed by atoms with Gasteiger partial charge in [-0.2, -0.15) is 0 Å². The molecule has 0 saturated carbocycles. The quantitative estimate of drug-likeness (QED) is 0.743. The van der Waals surface area contributed by atoms with Crippen molar-refractivity contribution in [3.8, 4) is 0 Å². The molecule has 126 valence electrons. The topological polar surface area (TPSA) is 66.9 Å². The van der Waals surface area contributed by atoms with Gasteiger partial charge in [0.25, 0.3) is 5.91 Å². The number of nitrogens with zero attached hydrogens (tertiary/aromatic N) is 2. The number of anilines is 3. The second-order valence-electron chi connectivity index (χ2n) is 5.99. The molecule has 0 radical (unpaired) electrons. The highest BCUT2D eigenvalue weighted by Crippen LogP contribution is 2.19. The Morgan fingerprint density at radius 1 is 0.920 bits per heavy atom. The summed E-state index contributed by atoms with van der Waals surface area (Å²) in [5, 5.41) is 6.01. The van der Waals surface area contributed by atoms with Gasteiger partial charge in [0.05, 0.1) is 5.56 Å². The number of nitrogens with one attached hydrogen (secondary N) is 2. The Morgan fingerprint density at radius 3 is 2.28 bits per heavy atom. The van der Waals surface area contributed by atoms with Crippen LogP contribution >= 0.6 is 0 Å². The summed E-state index contributed by atoms with van der Waals surface area (Å²) in [5.74, 6) is 0.225. The van der Waals surface area contributed by atoms with Crippen LogP contribution in [0.25, 0.3) is 0 Å². The van der Waals surface area contributed by atoms with Crippen LogP contribution in [-0.2, 0) is 0 Å². The van der Waals surface area contributed by atoms with Crippen LogP contribution in [0.5, 0.6) is 0 Å². The van der Waals surface area contributed by atoms with Gasteiger partial charge in [0.2, 0.25) is 5.95 Å². The summed E-state index contributed by atoms with van der Waals surface area (Å²) >= 11 is 0. The molecule has 25 heavy (non-hydrogen) atoms. The van der Waals surface area contributed by atoms with Gasteiger partial charge in [-0.1, -0.05) is 29.8 Å². The van der Waals surface area contributed by atoms with Gasteiger partial charge in [0.15, 0.2) is 0 Å². The standard InChI is InChI=1S/C20H20N4O/c1-13-7-9-17(10-8-13)23-20-21-11-16(12-22-20)19(25)24-18-6-4-5-14(2)15(18)3/h4-12H,1-3H3,(H,24,25)(H,21,22,23). The fraction of sp³-hybridized carbons (Fsp3) is 0.150. The highest BCUT2D eigenvalue weighted by atomic mass is 16.1. The molecule has 0 aliphatic heterocycles. The minimum absolute atomic E-state index is 0.226. The number of aromatic nitrogens is 2. The van der Waals surface area contributed by atoms with Gasteiger partial charge >= 0.3 is 0 Å². The highest BCUT2D eigenvalue weighted by Gasteiger charge is 2.10.